The summed E-state index contributed by atoms with van der Waals surface area (Å²) >= 11 is 12.9. The molecule has 11 heterocycles. The van der Waals surface area contributed by atoms with Gasteiger partial charge in [0.15, 0.2) is 17.7 Å². The number of likely N-dealkylation sites (N-methyl/N-ethyl adjacent to an activating group) is 2. The Morgan fingerprint density at radius 2 is 1.28 bits per heavy atom. The van der Waals surface area contributed by atoms with Gasteiger partial charge in [-0.15, -0.1) is 0 Å². The van der Waals surface area contributed by atoms with Gasteiger partial charge in [0, 0.05) is 95.6 Å². The fourth-order valence-electron chi connectivity index (χ4n) is 12.0. The second kappa shape index (κ2) is 27.1. The second-order valence-electron chi connectivity index (χ2n) is 24.0. The van der Waals surface area contributed by atoms with Crippen molar-refractivity contribution in [3.8, 4) is 47.4 Å². The molecule has 0 radical (unpaired) electrons. The van der Waals surface area contributed by atoms with Crippen LogP contribution >= 0.6 is 23.2 Å². The molecule has 1 amide bonds. The van der Waals surface area contributed by atoms with Gasteiger partial charge in [-0.3, -0.25) is 14.9 Å². The number of likely N-dealkylation sites (tertiary alicyclic amines) is 2. The van der Waals surface area contributed by atoms with E-state index >= 15 is 4.39 Å². The molecule has 0 aliphatic carbocycles. The SMILES string of the molecule is C.CN1C[C@H](C#N)C[C@H]1COc1nc(N2CCCCC2)c2ccnc(Oc3c(Cl)c(F)cc4[nH]ncc34)c2n1.CN1C[C@H](C#N)C[C@H]1COc1nc(N2CCN(C(=O)OC(C)(C)C)CC2)c2ccnc(Oc3c(Cl)c(F)cc4c3cnn4C3CCCCO3)c2n1. The molecule has 5 aliphatic heterocycles. The van der Waals surface area contributed by atoms with Crippen molar-refractivity contribution in [2.75, 3.05) is 96.1 Å². The largest absolute Gasteiger partial charge is 0.462 e. The van der Waals surface area contributed by atoms with Gasteiger partial charge in [0.2, 0.25) is 11.8 Å². The molecule has 0 saturated carbocycles. The van der Waals surface area contributed by atoms with Crippen LogP contribution in [-0.4, -0.2) is 175 Å². The van der Waals surface area contributed by atoms with Gasteiger partial charge in [-0.1, -0.05) is 30.6 Å². The third-order valence-electron chi connectivity index (χ3n) is 16.7. The normalized spacial score (nSPS) is 20.8. The first-order valence-electron chi connectivity index (χ1n) is 29.9. The number of anilines is 2. The van der Waals surface area contributed by atoms with Crippen LogP contribution in [0.4, 0.5) is 25.2 Å². The number of nitrogens with one attached hydrogen (secondary N) is 1. The fraction of sp³-hybridized carbons (Fsp3) is 0.500. The van der Waals surface area contributed by atoms with Gasteiger partial charge in [0.25, 0.3) is 0 Å². The maximum absolute atomic E-state index is 15.4. The molecule has 1 N–H and O–H groups in total. The molecule has 5 aliphatic rings. The van der Waals surface area contributed by atoms with Crippen molar-refractivity contribution in [2.45, 2.75) is 103 Å². The highest BCUT2D eigenvalue weighted by atomic mass is 35.5. The molecule has 90 heavy (non-hydrogen) atoms. The molecular weight excluding hydrogens is 1200 g/mol. The zero-order valence-electron chi connectivity index (χ0n) is 50.0. The Bertz CT molecular complexity index is 4010. The van der Waals surface area contributed by atoms with Gasteiger partial charge >= 0.3 is 18.1 Å². The molecular formula is C62H71Cl2F2N17O7. The van der Waals surface area contributed by atoms with E-state index in [2.05, 4.69) is 62.0 Å². The predicted molar refractivity (Wildman–Crippen MR) is 333 cm³/mol. The first-order chi connectivity index (χ1) is 43.0. The number of aromatic nitrogens is 10. The highest BCUT2D eigenvalue weighted by Gasteiger charge is 2.34. The van der Waals surface area contributed by atoms with Crippen LogP contribution in [0.2, 0.25) is 10.0 Å². The number of piperidine rings is 1. The number of nitrogens with zero attached hydrogens (tertiary/aromatic N) is 16. The van der Waals surface area contributed by atoms with E-state index in [4.69, 9.17) is 66.6 Å². The maximum atomic E-state index is 15.4. The molecule has 24 nitrogen and oxygen atoms in total. The number of amides is 1. The molecule has 5 saturated heterocycles. The van der Waals surface area contributed by atoms with Crippen LogP contribution in [0.25, 0.3) is 43.6 Å². The van der Waals surface area contributed by atoms with Crippen molar-refractivity contribution in [3.63, 3.8) is 0 Å². The first-order valence-corrected chi connectivity index (χ1v) is 30.7. The number of fused-ring (bicyclic) bond motifs is 4. The van der Waals surface area contributed by atoms with Crippen molar-refractivity contribution < 1.29 is 42.0 Å². The summed E-state index contributed by atoms with van der Waals surface area (Å²) in [6, 6.07) is 11.3. The van der Waals surface area contributed by atoms with E-state index in [1.807, 2.05) is 40.9 Å². The lowest BCUT2D eigenvalue weighted by molar-refractivity contribution is -0.0367. The van der Waals surface area contributed by atoms with E-state index < -0.39 is 17.2 Å². The second-order valence-corrected chi connectivity index (χ2v) is 24.8. The molecule has 8 aromatic rings. The summed E-state index contributed by atoms with van der Waals surface area (Å²) < 4.78 is 68.0. The number of carbonyl (C=O) groups excluding carboxylic acids is 1. The standard InChI is InChI=1S/C35H41ClFN9O5.C26H26ClFN8O2.CH4/c1-35(2,3)51-34(47)45-12-10-44(11-13-45)31-23-8-9-39-32(29(23)41-33(42-31)49-20-22-15-21(17-38)19-43(22)4)50-30-24-18-40-46(27-7-5-6-14-48-27)26(24)16-25(37)28(30)36;1-35-13-15(11-29)9-16(35)14-37-26-32-22-17(24(33-26)36-7-3-2-4-8-36)5-6-30-25(22)38-23-18-12-31-34-20(18)10-19(28)21(23)27;/h8-9,16,18,21-22,27H,5-7,10-15,19-20H2,1-4H3;5-6,10,12,15-16H,2-4,7-9,13-14H2,1H3,(H,31,34);1H4/t21-,22-,27?;15-,16-;/m00./s1. The lowest BCUT2D eigenvalue weighted by Gasteiger charge is -2.36. The Morgan fingerprint density at radius 3 is 1.81 bits per heavy atom. The van der Waals surface area contributed by atoms with E-state index in [9.17, 15) is 19.7 Å². The van der Waals surface area contributed by atoms with E-state index in [0.29, 0.717) is 103 Å². The number of halogens is 4. The minimum absolute atomic E-state index is 0. The van der Waals surface area contributed by atoms with Crippen LogP contribution in [-0.2, 0) is 9.47 Å². The average Bonchev–Trinajstić information content (AvgIpc) is 1.39. The zero-order chi connectivity index (χ0) is 62.1. The average molecular weight is 1280 g/mol. The fourth-order valence-corrected chi connectivity index (χ4v) is 12.4. The number of rotatable bonds is 13. The van der Waals surface area contributed by atoms with Crippen LogP contribution in [0.3, 0.4) is 0 Å². The number of nitriles is 2. The van der Waals surface area contributed by atoms with Gasteiger partial charge in [-0.05, 0) is 98.4 Å². The Kier molecular flexibility index (Phi) is 19.0. The summed E-state index contributed by atoms with van der Waals surface area (Å²) in [7, 11) is 3.95. The number of piperazine rings is 1. The highest BCUT2D eigenvalue weighted by Crippen LogP contribution is 2.44. The van der Waals surface area contributed by atoms with Crippen molar-refractivity contribution >= 4 is 84.5 Å². The number of pyridine rings is 2. The summed E-state index contributed by atoms with van der Waals surface area (Å²) in [5.41, 5.74) is 1.10. The number of carbonyl (C=O) groups is 1. The van der Waals surface area contributed by atoms with E-state index in [0.717, 1.165) is 62.8 Å². The summed E-state index contributed by atoms with van der Waals surface area (Å²) in [6.07, 6.45) is 13.0. The molecule has 5 atom stereocenters. The third-order valence-corrected chi connectivity index (χ3v) is 17.4. The number of ether oxygens (including phenoxy) is 6. The Morgan fingerprint density at radius 1 is 0.722 bits per heavy atom. The quantitative estimate of drug-likeness (QED) is 0.112. The molecule has 6 aromatic heterocycles. The zero-order valence-corrected chi connectivity index (χ0v) is 51.5. The molecule has 474 valence electrons. The van der Waals surface area contributed by atoms with Gasteiger partial charge < -0.3 is 43.1 Å². The summed E-state index contributed by atoms with van der Waals surface area (Å²) in [6.45, 7) is 11.6. The topological polar surface area (TPSA) is 260 Å². The molecule has 13 rings (SSSR count). The van der Waals surface area contributed by atoms with E-state index in [1.54, 1.807) is 34.2 Å². The van der Waals surface area contributed by atoms with Crippen LogP contribution in [0.5, 0.6) is 35.3 Å². The first kappa shape index (κ1) is 63.3. The summed E-state index contributed by atoms with van der Waals surface area (Å²) in [4.78, 5) is 51.0. The third kappa shape index (κ3) is 13.4. The van der Waals surface area contributed by atoms with E-state index in [-0.39, 0.29) is 95.6 Å². The van der Waals surface area contributed by atoms with E-state index in [1.165, 1.54) is 24.8 Å². The number of hydrogen-bond donors (Lipinski definition) is 1. The Balaban J connectivity index is 0.000000191. The van der Waals surface area contributed by atoms with Crippen LogP contribution in [0, 0.1) is 46.1 Å². The van der Waals surface area contributed by atoms with Gasteiger partial charge in [-0.2, -0.15) is 40.7 Å². The van der Waals surface area contributed by atoms with Gasteiger partial charge in [0.05, 0.1) is 68.9 Å². The van der Waals surface area contributed by atoms with Crippen LogP contribution in [0.1, 0.15) is 85.8 Å². The van der Waals surface area contributed by atoms with Gasteiger partial charge in [0.1, 0.15) is 63.2 Å². The lowest BCUT2D eigenvalue weighted by atomic mass is 10.1. The summed E-state index contributed by atoms with van der Waals surface area (Å²) in [5, 5.41) is 32.0. The monoisotopic (exact) mass is 1270 g/mol. The number of hydrogen-bond acceptors (Lipinski definition) is 21. The minimum Gasteiger partial charge on any atom is -0.462 e. The van der Waals surface area contributed by atoms with Crippen LogP contribution < -0.4 is 28.7 Å². The van der Waals surface area contributed by atoms with Crippen LogP contribution in [0.15, 0.2) is 49.1 Å². The number of H-pyrrole nitrogens is 1. The molecule has 0 spiro atoms. The van der Waals surface area contributed by atoms with Crippen molar-refractivity contribution in [1.29, 1.82) is 10.5 Å². The smallest absolute Gasteiger partial charge is 0.410 e. The molecule has 0 bridgehead atoms. The lowest BCUT2D eigenvalue weighted by Crippen LogP contribution is -2.50. The maximum Gasteiger partial charge on any atom is 0.410 e. The van der Waals surface area contributed by atoms with Crippen molar-refractivity contribution in [2.24, 2.45) is 11.8 Å². The van der Waals surface area contributed by atoms with Crippen molar-refractivity contribution in [1.82, 2.24) is 64.6 Å². The predicted octanol–water partition coefficient (Wildman–Crippen LogP) is 11.3. The Hall–Kier alpha value is -8.27. The minimum atomic E-state index is -0.671. The molecule has 1 unspecified atom stereocenters. The molecule has 28 heteroatoms. The number of benzene rings is 2. The number of aromatic amines is 1. The Labute approximate surface area is 528 Å². The molecule has 2 aromatic carbocycles. The summed E-state index contributed by atoms with van der Waals surface area (Å²) in [5.74, 6) is 0.293. The highest BCUT2D eigenvalue weighted by molar-refractivity contribution is 6.34. The van der Waals surface area contributed by atoms with Crippen molar-refractivity contribution in [3.05, 3.63) is 70.7 Å². The van der Waals surface area contributed by atoms with Gasteiger partial charge in [-0.25, -0.2) is 28.2 Å². The molecule has 5 fully saturated rings.